The number of aromatic nitrogens is 4. The lowest BCUT2D eigenvalue weighted by Gasteiger charge is -2.42. The molecular weight excluding hydrogens is 765 g/mol. The number of para-hydroxylation sites is 1. The van der Waals surface area contributed by atoms with Gasteiger partial charge in [0.15, 0.2) is 11.6 Å². The lowest BCUT2D eigenvalue weighted by atomic mass is 9.88. The third-order valence-electron chi connectivity index (χ3n) is 13.0. The molecule has 1 unspecified atom stereocenters. The molecule has 6 atom stereocenters. The van der Waals surface area contributed by atoms with Crippen LogP contribution in [-0.4, -0.2) is 91.1 Å². The maximum absolute atomic E-state index is 14.4. The summed E-state index contributed by atoms with van der Waals surface area (Å²) in [7, 11) is 0. The Bertz CT molecular complexity index is 2320. The number of hydrogen-bond acceptors (Lipinski definition) is 12. The molecule has 6 heterocycles. The zero-order chi connectivity index (χ0) is 40.9. The molecule has 3 N–H and O–H groups in total. The Hall–Kier alpha value is -5.34. The predicted octanol–water partition coefficient (Wildman–Crippen LogP) is 6.66. The van der Waals surface area contributed by atoms with Gasteiger partial charge in [-0.2, -0.15) is 5.10 Å². The standard InChI is InChI=1S/C45H52N8O5S/c1-25(2)42(45(57)52-23-32(54)18-38(52)44(56)47-26(3)28-12-14-29(15-13-28)43-27(4)46-24-59-43)40-21-41(50-58-40)51-17-16-30(22-51)36-20-35-37(53(36)31-8-7-9-31)19-34(48-49-35)33-10-5-6-11-39(33)55/h5-6,10-15,19,21,24-26,30-32,36,38,42,54-55H,7-9,16-18,20,22-23H2,1-4H3,(H,47,56)/t26-,30-,32+,36?,38-,42+/m0/s1. The van der Waals surface area contributed by atoms with E-state index in [1.165, 1.54) is 11.3 Å². The number of thiazole rings is 1. The zero-order valence-electron chi connectivity index (χ0n) is 34.0. The second-order valence-electron chi connectivity index (χ2n) is 17.2. The number of anilines is 2. The number of amides is 2. The van der Waals surface area contributed by atoms with Gasteiger partial charge in [-0.3, -0.25) is 9.59 Å². The first-order valence-electron chi connectivity index (χ1n) is 21.0. The third kappa shape index (κ3) is 7.45. The Morgan fingerprint density at radius 2 is 1.80 bits per heavy atom. The van der Waals surface area contributed by atoms with E-state index in [1.807, 2.05) is 81.7 Å². The minimum atomic E-state index is -0.810. The number of phenolic OH excluding ortho intramolecular Hbond substituents is 1. The number of phenols is 1. The zero-order valence-corrected chi connectivity index (χ0v) is 34.8. The van der Waals surface area contributed by atoms with Crippen LogP contribution in [0.2, 0.25) is 0 Å². The Labute approximate surface area is 348 Å². The Balaban J connectivity index is 0.872. The van der Waals surface area contributed by atoms with Crippen LogP contribution in [0.25, 0.3) is 21.7 Å². The number of aryl methyl sites for hydroxylation is 1. The SMILES string of the molecule is Cc1ncsc1-c1ccc([C@H](C)NC(=O)[C@@H]2C[C@@H](O)CN2C(=O)[C@@H](c2cc(N3CC[C@H](C4Cc5nnc(-c6ccccc6O)cc5N4C4CCC4)C3)no2)C(C)C)cc1. The van der Waals surface area contributed by atoms with Crippen LogP contribution in [0, 0.1) is 18.8 Å². The number of likely N-dealkylation sites (tertiary alicyclic amines) is 1. The normalized spacial score (nSPS) is 22.8. The molecule has 9 rings (SSSR count). The molecule has 1 saturated carbocycles. The highest BCUT2D eigenvalue weighted by Crippen LogP contribution is 2.45. The lowest BCUT2D eigenvalue weighted by molar-refractivity contribution is -0.141. The molecule has 1 aliphatic carbocycles. The first kappa shape index (κ1) is 39.1. The molecule has 59 heavy (non-hydrogen) atoms. The minimum absolute atomic E-state index is 0.0753. The van der Waals surface area contributed by atoms with Crippen molar-refractivity contribution in [2.24, 2.45) is 11.8 Å². The molecule has 0 bridgehead atoms. The number of β-amino-alcohol motifs (C(OH)–C–C–N with tert-alkyl or cyclic N) is 1. The van der Waals surface area contributed by atoms with Crippen LogP contribution in [0.3, 0.4) is 0 Å². The van der Waals surface area contributed by atoms with Gasteiger partial charge in [0, 0.05) is 56.2 Å². The molecule has 2 aromatic carbocycles. The molecule has 3 aliphatic heterocycles. The van der Waals surface area contributed by atoms with Crippen LogP contribution >= 0.6 is 11.3 Å². The van der Waals surface area contributed by atoms with E-state index in [9.17, 15) is 19.8 Å². The highest BCUT2D eigenvalue weighted by molar-refractivity contribution is 7.13. The first-order chi connectivity index (χ1) is 28.5. The summed E-state index contributed by atoms with van der Waals surface area (Å²) in [4.78, 5) is 40.1. The molecule has 0 radical (unpaired) electrons. The molecule has 0 spiro atoms. The molecule has 4 aliphatic rings. The van der Waals surface area contributed by atoms with Gasteiger partial charge in [0.1, 0.15) is 17.7 Å². The Kier molecular flexibility index (Phi) is 10.6. The second kappa shape index (κ2) is 16.0. The maximum atomic E-state index is 14.4. The molecule has 2 amide bonds. The van der Waals surface area contributed by atoms with Crippen molar-refractivity contribution in [2.75, 3.05) is 29.4 Å². The van der Waals surface area contributed by atoms with Crippen molar-refractivity contribution < 1.29 is 24.3 Å². The fourth-order valence-corrected chi connectivity index (χ4v) is 10.4. The highest BCUT2D eigenvalue weighted by Gasteiger charge is 2.46. The van der Waals surface area contributed by atoms with Gasteiger partial charge in [0.2, 0.25) is 11.8 Å². The van der Waals surface area contributed by atoms with Gasteiger partial charge < -0.3 is 34.8 Å². The van der Waals surface area contributed by atoms with Gasteiger partial charge in [-0.25, -0.2) is 4.98 Å². The predicted molar refractivity (Wildman–Crippen MR) is 226 cm³/mol. The van der Waals surface area contributed by atoms with E-state index in [2.05, 4.69) is 36.4 Å². The summed E-state index contributed by atoms with van der Waals surface area (Å²) in [6.07, 6.45) is 4.67. The number of fused-ring (bicyclic) bond motifs is 1. The van der Waals surface area contributed by atoms with E-state index in [1.54, 1.807) is 17.4 Å². The number of carbonyl (C=O) groups excluding carboxylic acids is 2. The lowest BCUT2D eigenvalue weighted by Crippen LogP contribution is -2.48. The molecular formula is C45H52N8O5S. The van der Waals surface area contributed by atoms with E-state index in [-0.39, 0.29) is 48.5 Å². The van der Waals surface area contributed by atoms with E-state index < -0.39 is 18.1 Å². The van der Waals surface area contributed by atoms with E-state index >= 15 is 0 Å². The largest absolute Gasteiger partial charge is 0.507 e. The van der Waals surface area contributed by atoms with Crippen molar-refractivity contribution in [2.45, 2.75) is 102 Å². The van der Waals surface area contributed by atoms with Crippen LogP contribution in [0.1, 0.15) is 87.5 Å². The number of aliphatic hydroxyl groups excluding tert-OH is 1. The van der Waals surface area contributed by atoms with Gasteiger partial charge in [-0.05, 0) is 80.7 Å². The fraction of sp³-hybridized carbons (Fsp3) is 0.467. The third-order valence-corrected chi connectivity index (χ3v) is 14.0. The number of nitrogens with zero attached hydrogens (tertiary/aromatic N) is 7. The van der Waals surface area contributed by atoms with Crippen LogP contribution in [-0.2, 0) is 16.0 Å². The number of rotatable bonds is 11. The van der Waals surface area contributed by atoms with E-state index in [0.29, 0.717) is 34.8 Å². The number of carbonyl (C=O) groups is 2. The summed E-state index contributed by atoms with van der Waals surface area (Å²) in [6.45, 7) is 9.54. The number of aliphatic hydroxyl groups is 1. The highest BCUT2D eigenvalue weighted by atomic mass is 32.1. The van der Waals surface area contributed by atoms with Crippen LogP contribution in [0.15, 0.2) is 70.7 Å². The molecule has 2 saturated heterocycles. The fourth-order valence-electron chi connectivity index (χ4n) is 9.60. The smallest absolute Gasteiger partial charge is 0.243 e. The van der Waals surface area contributed by atoms with Crippen molar-refractivity contribution in [3.05, 3.63) is 88.9 Å². The van der Waals surface area contributed by atoms with Gasteiger partial charge in [0.05, 0.1) is 45.3 Å². The van der Waals surface area contributed by atoms with Crippen molar-refractivity contribution in [1.29, 1.82) is 0 Å². The summed E-state index contributed by atoms with van der Waals surface area (Å²) in [5, 5.41) is 38.2. The maximum Gasteiger partial charge on any atom is 0.243 e. The van der Waals surface area contributed by atoms with Gasteiger partial charge in [0.25, 0.3) is 0 Å². The number of nitrogens with one attached hydrogen (secondary N) is 1. The minimum Gasteiger partial charge on any atom is -0.507 e. The van der Waals surface area contributed by atoms with Crippen LogP contribution in [0.5, 0.6) is 5.75 Å². The quantitative estimate of drug-likeness (QED) is 0.131. The second-order valence-corrected chi connectivity index (χ2v) is 18.0. The molecule has 5 aromatic rings. The first-order valence-corrected chi connectivity index (χ1v) is 21.9. The Morgan fingerprint density at radius 3 is 2.51 bits per heavy atom. The molecule has 3 aromatic heterocycles. The molecule has 14 heteroatoms. The average molecular weight is 817 g/mol. The van der Waals surface area contributed by atoms with E-state index in [4.69, 9.17) is 9.62 Å². The summed E-state index contributed by atoms with van der Waals surface area (Å²) in [5.74, 6) is 0.353. The average Bonchev–Trinajstić information content (AvgIpc) is 4.06. The summed E-state index contributed by atoms with van der Waals surface area (Å²) >= 11 is 1.60. The van der Waals surface area contributed by atoms with Crippen LogP contribution < -0.4 is 15.1 Å². The summed E-state index contributed by atoms with van der Waals surface area (Å²) in [5.41, 5.74) is 8.34. The molecule has 3 fully saturated rings. The van der Waals surface area contributed by atoms with Crippen LogP contribution in [0.4, 0.5) is 11.5 Å². The monoisotopic (exact) mass is 816 g/mol. The van der Waals surface area contributed by atoms with Gasteiger partial charge in [-0.1, -0.05) is 55.4 Å². The topological polar surface area (TPSA) is 161 Å². The van der Waals surface area contributed by atoms with E-state index in [0.717, 1.165) is 71.9 Å². The summed E-state index contributed by atoms with van der Waals surface area (Å²) in [6, 6.07) is 19.0. The number of aromatic hydroxyl groups is 1. The van der Waals surface area contributed by atoms with Crippen molar-refractivity contribution in [3.8, 4) is 27.4 Å². The van der Waals surface area contributed by atoms with Gasteiger partial charge >= 0.3 is 0 Å². The van der Waals surface area contributed by atoms with Crippen molar-refractivity contribution in [3.63, 3.8) is 0 Å². The number of benzene rings is 2. The molecule has 13 nitrogen and oxygen atoms in total. The summed E-state index contributed by atoms with van der Waals surface area (Å²) < 4.78 is 5.98. The van der Waals surface area contributed by atoms with Crippen molar-refractivity contribution >= 4 is 34.7 Å². The molecule has 308 valence electrons. The Morgan fingerprint density at radius 1 is 1.00 bits per heavy atom. The van der Waals surface area contributed by atoms with Crippen molar-refractivity contribution in [1.82, 2.24) is 30.6 Å². The van der Waals surface area contributed by atoms with Gasteiger partial charge in [-0.15, -0.1) is 16.4 Å². The number of hydrogen-bond donors (Lipinski definition) is 3.